The van der Waals surface area contributed by atoms with Crippen molar-refractivity contribution >= 4 is 27.3 Å². The second kappa shape index (κ2) is 9.76. The molecular formula is C18H24N4O4S2. The van der Waals surface area contributed by atoms with Crippen molar-refractivity contribution < 1.29 is 17.9 Å². The lowest BCUT2D eigenvalue weighted by Gasteiger charge is -2.11. The second-order valence-corrected chi connectivity index (χ2v) is 8.90. The van der Waals surface area contributed by atoms with Crippen molar-refractivity contribution in [2.75, 3.05) is 33.0 Å². The minimum atomic E-state index is -3.45. The number of hydrogen-bond donors (Lipinski definition) is 3. The largest absolute Gasteiger partial charge is 0.454 e. The summed E-state index contributed by atoms with van der Waals surface area (Å²) >= 11 is 1.19. The molecular weight excluding hydrogens is 400 g/mol. The Morgan fingerprint density at radius 2 is 2.04 bits per heavy atom. The zero-order valence-electron chi connectivity index (χ0n) is 15.6. The molecule has 1 aliphatic rings. The summed E-state index contributed by atoms with van der Waals surface area (Å²) in [5, 5.41) is 8.14. The first-order valence-corrected chi connectivity index (χ1v) is 11.4. The number of fused-ring (bicyclic) bond motifs is 1. The Morgan fingerprint density at radius 1 is 1.18 bits per heavy atom. The van der Waals surface area contributed by atoms with Gasteiger partial charge in [-0.05, 0) is 42.5 Å². The monoisotopic (exact) mass is 424 g/mol. The predicted octanol–water partition coefficient (Wildman–Crippen LogP) is 1.55. The zero-order valence-corrected chi connectivity index (χ0v) is 17.2. The lowest BCUT2D eigenvalue weighted by Crippen LogP contribution is -2.39. The molecule has 1 aromatic carbocycles. The van der Waals surface area contributed by atoms with Crippen LogP contribution in [0.1, 0.15) is 12.5 Å². The summed E-state index contributed by atoms with van der Waals surface area (Å²) in [5.74, 6) is 2.20. The van der Waals surface area contributed by atoms with Crippen molar-refractivity contribution in [1.82, 2.24) is 15.4 Å². The number of ether oxygens (including phenoxy) is 2. The molecule has 0 amide bonds. The van der Waals surface area contributed by atoms with Crippen LogP contribution in [0.5, 0.6) is 11.5 Å². The minimum Gasteiger partial charge on any atom is -0.454 e. The van der Waals surface area contributed by atoms with Crippen LogP contribution >= 0.6 is 11.3 Å². The normalized spacial score (nSPS) is 13.5. The van der Waals surface area contributed by atoms with Gasteiger partial charge in [0.25, 0.3) is 0 Å². The molecule has 152 valence electrons. The second-order valence-electron chi connectivity index (χ2n) is 5.95. The van der Waals surface area contributed by atoms with Crippen LogP contribution in [0.4, 0.5) is 0 Å². The molecule has 0 atom stereocenters. The SMILES string of the molecule is CCNC(=NCCNS(=O)(=O)c1cccs1)NCCc1ccc2c(c1)OCO2. The van der Waals surface area contributed by atoms with E-state index in [2.05, 4.69) is 20.3 Å². The molecule has 0 unspecified atom stereocenters. The van der Waals surface area contributed by atoms with Gasteiger partial charge in [-0.1, -0.05) is 12.1 Å². The Hall–Kier alpha value is -2.30. The number of sulfonamides is 1. The van der Waals surface area contributed by atoms with Crippen LogP contribution in [-0.2, 0) is 16.4 Å². The Labute approximate surface area is 169 Å². The minimum absolute atomic E-state index is 0.235. The van der Waals surface area contributed by atoms with Crippen LogP contribution in [0.25, 0.3) is 0 Å². The van der Waals surface area contributed by atoms with Crippen molar-refractivity contribution in [2.45, 2.75) is 17.6 Å². The number of hydrogen-bond acceptors (Lipinski definition) is 6. The maximum Gasteiger partial charge on any atom is 0.250 e. The van der Waals surface area contributed by atoms with E-state index in [1.807, 2.05) is 25.1 Å². The number of aliphatic imine (C=N–C) groups is 1. The van der Waals surface area contributed by atoms with Gasteiger partial charge in [-0.2, -0.15) is 0 Å². The molecule has 3 N–H and O–H groups in total. The van der Waals surface area contributed by atoms with Crippen molar-refractivity contribution in [3.05, 3.63) is 41.3 Å². The van der Waals surface area contributed by atoms with Gasteiger partial charge in [-0.3, -0.25) is 4.99 Å². The third kappa shape index (κ3) is 5.60. The fourth-order valence-corrected chi connectivity index (χ4v) is 4.66. The summed E-state index contributed by atoms with van der Waals surface area (Å²) in [5.41, 5.74) is 1.14. The van der Waals surface area contributed by atoms with Gasteiger partial charge in [0.15, 0.2) is 17.5 Å². The maximum absolute atomic E-state index is 12.1. The number of guanidine groups is 1. The van der Waals surface area contributed by atoms with Crippen molar-refractivity contribution in [1.29, 1.82) is 0 Å². The molecule has 0 saturated carbocycles. The van der Waals surface area contributed by atoms with Crippen LogP contribution in [0.2, 0.25) is 0 Å². The third-order valence-electron chi connectivity index (χ3n) is 3.92. The van der Waals surface area contributed by atoms with E-state index >= 15 is 0 Å². The number of benzene rings is 1. The van der Waals surface area contributed by atoms with E-state index in [4.69, 9.17) is 9.47 Å². The first kappa shape index (κ1) is 20.4. The van der Waals surface area contributed by atoms with E-state index in [1.54, 1.807) is 17.5 Å². The van der Waals surface area contributed by atoms with Gasteiger partial charge in [-0.25, -0.2) is 13.1 Å². The van der Waals surface area contributed by atoms with Gasteiger partial charge in [0.05, 0.1) is 6.54 Å². The smallest absolute Gasteiger partial charge is 0.250 e. The summed E-state index contributed by atoms with van der Waals surface area (Å²) < 4.78 is 37.7. The molecule has 0 aliphatic carbocycles. The quantitative estimate of drug-likeness (QED) is 0.321. The highest BCUT2D eigenvalue weighted by molar-refractivity contribution is 7.91. The van der Waals surface area contributed by atoms with Gasteiger partial charge in [0, 0.05) is 19.6 Å². The van der Waals surface area contributed by atoms with E-state index in [-0.39, 0.29) is 13.3 Å². The summed E-state index contributed by atoms with van der Waals surface area (Å²) in [6.45, 7) is 4.23. The fourth-order valence-electron chi connectivity index (χ4n) is 2.60. The Balaban J connectivity index is 1.45. The predicted molar refractivity (Wildman–Crippen MR) is 110 cm³/mol. The zero-order chi connectivity index (χ0) is 19.8. The van der Waals surface area contributed by atoms with Gasteiger partial charge >= 0.3 is 0 Å². The van der Waals surface area contributed by atoms with Crippen LogP contribution < -0.4 is 24.8 Å². The van der Waals surface area contributed by atoms with Gasteiger partial charge in [0.1, 0.15) is 4.21 Å². The summed E-state index contributed by atoms with van der Waals surface area (Å²) in [6, 6.07) is 9.20. The lowest BCUT2D eigenvalue weighted by molar-refractivity contribution is 0.174. The van der Waals surface area contributed by atoms with E-state index in [0.717, 1.165) is 30.0 Å². The topological polar surface area (TPSA) is 101 Å². The molecule has 2 aromatic rings. The number of nitrogens with one attached hydrogen (secondary N) is 3. The fraction of sp³-hybridized carbons (Fsp3) is 0.389. The summed E-state index contributed by atoms with van der Waals surface area (Å²) in [4.78, 5) is 4.41. The lowest BCUT2D eigenvalue weighted by atomic mass is 10.1. The molecule has 28 heavy (non-hydrogen) atoms. The van der Waals surface area contributed by atoms with Crippen molar-refractivity contribution in [3.8, 4) is 11.5 Å². The molecule has 2 heterocycles. The molecule has 0 fully saturated rings. The van der Waals surface area contributed by atoms with E-state index in [1.165, 1.54) is 11.3 Å². The molecule has 0 radical (unpaired) electrons. The van der Waals surface area contributed by atoms with Crippen LogP contribution in [0.3, 0.4) is 0 Å². The van der Waals surface area contributed by atoms with Crippen molar-refractivity contribution in [2.24, 2.45) is 4.99 Å². The molecule has 1 aliphatic heterocycles. The summed E-state index contributed by atoms with van der Waals surface area (Å²) in [6.07, 6.45) is 0.798. The van der Waals surface area contributed by atoms with E-state index < -0.39 is 10.0 Å². The van der Waals surface area contributed by atoms with Crippen molar-refractivity contribution in [3.63, 3.8) is 0 Å². The summed E-state index contributed by atoms with van der Waals surface area (Å²) in [7, 11) is -3.45. The highest BCUT2D eigenvalue weighted by Gasteiger charge is 2.14. The molecule has 1 aromatic heterocycles. The number of nitrogens with zero attached hydrogens (tertiary/aromatic N) is 1. The average molecular weight is 425 g/mol. The molecule has 0 bridgehead atoms. The van der Waals surface area contributed by atoms with Gasteiger partial charge in [0.2, 0.25) is 16.8 Å². The first-order chi connectivity index (χ1) is 13.6. The van der Waals surface area contributed by atoms with Crippen LogP contribution in [0.15, 0.2) is 44.9 Å². The first-order valence-electron chi connectivity index (χ1n) is 9.02. The Morgan fingerprint density at radius 3 is 2.82 bits per heavy atom. The third-order valence-corrected chi connectivity index (χ3v) is 6.78. The number of thiophene rings is 1. The van der Waals surface area contributed by atoms with Gasteiger partial charge < -0.3 is 20.1 Å². The van der Waals surface area contributed by atoms with Crippen LogP contribution in [0, 0.1) is 0 Å². The van der Waals surface area contributed by atoms with E-state index in [0.29, 0.717) is 23.3 Å². The molecule has 0 spiro atoms. The molecule has 0 saturated heterocycles. The van der Waals surface area contributed by atoms with E-state index in [9.17, 15) is 8.42 Å². The molecule has 8 nitrogen and oxygen atoms in total. The van der Waals surface area contributed by atoms with Crippen LogP contribution in [-0.4, -0.2) is 47.3 Å². The molecule has 3 rings (SSSR count). The van der Waals surface area contributed by atoms with Gasteiger partial charge in [-0.15, -0.1) is 11.3 Å². The highest BCUT2D eigenvalue weighted by Crippen LogP contribution is 2.32. The average Bonchev–Trinajstić information content (AvgIpc) is 3.36. The highest BCUT2D eigenvalue weighted by atomic mass is 32.2. The number of rotatable bonds is 9. The Kier molecular flexibility index (Phi) is 7.12. The maximum atomic E-state index is 12.1. The Bertz CT molecular complexity index is 898. The standard InChI is InChI=1S/C18H24N4O4S2/c1-2-19-18(21-9-10-22-28(23,24)17-4-3-11-27-17)20-8-7-14-5-6-15-16(12-14)26-13-25-15/h3-6,11-12,22H,2,7-10,13H2,1H3,(H2,19,20,21). The molecule has 10 heteroatoms.